The van der Waals surface area contributed by atoms with Gasteiger partial charge in [-0.25, -0.2) is 0 Å². The molecule has 0 aromatic heterocycles. The van der Waals surface area contributed by atoms with E-state index in [9.17, 15) is 19.2 Å². The standard InChI is InChI=1S/C33H43N5O4.ClH/c1-24(34-2)31(40)36-30(27-16-10-5-11-17-27)32(41)35-23-29(39)38-21-20-37(19-18-25-12-6-3-7-13-25)33(42)28(38)22-26-14-8-4-9-15-26;/h3-4,6-9,12-15,20-21,24,27-28,30,34H,5,10-11,16-19,22-23H2,1-2H3,(H,35,41)(H,36,40);1H/t24-,28-,30-;/m0./s1. The van der Waals surface area contributed by atoms with E-state index in [0.717, 1.165) is 43.2 Å². The molecule has 9 nitrogen and oxygen atoms in total. The first kappa shape index (κ1) is 33.8. The summed E-state index contributed by atoms with van der Waals surface area (Å²) in [6.45, 7) is 1.97. The number of hydrogen-bond donors (Lipinski definition) is 3. The van der Waals surface area contributed by atoms with Crippen molar-refractivity contribution in [2.24, 2.45) is 5.92 Å². The Balaban J connectivity index is 0.00000506. The van der Waals surface area contributed by atoms with Crippen LogP contribution < -0.4 is 16.0 Å². The molecule has 4 rings (SSSR count). The van der Waals surface area contributed by atoms with Crippen molar-refractivity contribution in [3.05, 3.63) is 84.2 Å². The maximum atomic E-state index is 13.7. The van der Waals surface area contributed by atoms with Gasteiger partial charge in [-0.05, 0) is 50.3 Å². The molecule has 1 aliphatic heterocycles. The number of likely N-dealkylation sites (N-methyl/N-ethyl adjacent to an activating group) is 1. The van der Waals surface area contributed by atoms with Gasteiger partial charge in [0.2, 0.25) is 23.6 Å². The van der Waals surface area contributed by atoms with Crippen LogP contribution in [0.15, 0.2) is 73.1 Å². The Morgan fingerprint density at radius 2 is 1.51 bits per heavy atom. The van der Waals surface area contributed by atoms with Crippen molar-refractivity contribution in [1.82, 2.24) is 25.8 Å². The summed E-state index contributed by atoms with van der Waals surface area (Å²) in [5, 5.41) is 8.59. The van der Waals surface area contributed by atoms with Crippen LogP contribution in [0.5, 0.6) is 0 Å². The molecule has 1 saturated carbocycles. The number of halogens is 1. The van der Waals surface area contributed by atoms with Gasteiger partial charge in [0.25, 0.3) is 0 Å². The average molecular weight is 610 g/mol. The van der Waals surface area contributed by atoms with E-state index >= 15 is 0 Å². The Labute approximate surface area is 260 Å². The van der Waals surface area contributed by atoms with E-state index in [1.807, 2.05) is 60.7 Å². The van der Waals surface area contributed by atoms with Gasteiger partial charge in [-0.3, -0.25) is 19.2 Å². The van der Waals surface area contributed by atoms with E-state index in [2.05, 4.69) is 16.0 Å². The smallest absolute Gasteiger partial charge is 0.250 e. The summed E-state index contributed by atoms with van der Waals surface area (Å²) in [4.78, 5) is 56.3. The fourth-order valence-electron chi connectivity index (χ4n) is 5.64. The zero-order valence-corrected chi connectivity index (χ0v) is 25.9. The summed E-state index contributed by atoms with van der Waals surface area (Å²) >= 11 is 0. The van der Waals surface area contributed by atoms with Crippen molar-refractivity contribution in [3.63, 3.8) is 0 Å². The highest BCUT2D eigenvalue weighted by Crippen LogP contribution is 2.27. The number of nitrogens with one attached hydrogen (secondary N) is 3. The number of hydrogen-bond acceptors (Lipinski definition) is 5. The molecule has 232 valence electrons. The van der Waals surface area contributed by atoms with Gasteiger partial charge in [0.1, 0.15) is 12.1 Å². The number of benzene rings is 2. The van der Waals surface area contributed by atoms with Crippen LogP contribution in [0.3, 0.4) is 0 Å². The summed E-state index contributed by atoms with van der Waals surface area (Å²) in [6.07, 6.45) is 9.17. The maximum Gasteiger partial charge on any atom is 0.250 e. The molecule has 1 fully saturated rings. The Morgan fingerprint density at radius 3 is 2.14 bits per heavy atom. The van der Waals surface area contributed by atoms with Crippen molar-refractivity contribution in [2.75, 3.05) is 20.1 Å². The fraction of sp³-hybridized carbons (Fsp3) is 0.455. The Morgan fingerprint density at radius 1 is 0.884 bits per heavy atom. The van der Waals surface area contributed by atoms with Crippen LogP contribution in [0.1, 0.15) is 50.2 Å². The average Bonchev–Trinajstić information content (AvgIpc) is 3.03. The number of rotatable bonds is 12. The molecule has 0 unspecified atom stereocenters. The van der Waals surface area contributed by atoms with Crippen molar-refractivity contribution >= 4 is 36.0 Å². The first-order valence-electron chi connectivity index (χ1n) is 15.0. The molecule has 0 spiro atoms. The molecule has 3 N–H and O–H groups in total. The molecule has 4 amide bonds. The molecule has 0 bridgehead atoms. The minimum atomic E-state index is -0.733. The zero-order chi connectivity index (χ0) is 29.9. The number of amides is 4. The van der Waals surface area contributed by atoms with Gasteiger partial charge >= 0.3 is 0 Å². The topological polar surface area (TPSA) is 111 Å². The molecule has 1 heterocycles. The Hall–Kier alpha value is -3.69. The van der Waals surface area contributed by atoms with Gasteiger partial charge in [-0.15, -0.1) is 12.4 Å². The van der Waals surface area contributed by atoms with E-state index in [0.29, 0.717) is 19.4 Å². The van der Waals surface area contributed by atoms with E-state index in [1.54, 1.807) is 31.3 Å². The second-order valence-corrected chi connectivity index (χ2v) is 11.2. The lowest BCUT2D eigenvalue weighted by Crippen LogP contribution is -2.57. The molecule has 2 aromatic carbocycles. The Bertz CT molecular complexity index is 1240. The molecular weight excluding hydrogens is 566 g/mol. The van der Waals surface area contributed by atoms with Gasteiger partial charge in [-0.1, -0.05) is 79.9 Å². The van der Waals surface area contributed by atoms with Crippen LogP contribution in [0.2, 0.25) is 0 Å². The minimum Gasteiger partial charge on any atom is -0.345 e. The van der Waals surface area contributed by atoms with Crippen LogP contribution in [0.4, 0.5) is 0 Å². The van der Waals surface area contributed by atoms with Crippen molar-refractivity contribution in [2.45, 2.75) is 70.0 Å². The molecule has 1 aliphatic carbocycles. The largest absolute Gasteiger partial charge is 0.345 e. The van der Waals surface area contributed by atoms with Crippen molar-refractivity contribution in [3.8, 4) is 0 Å². The van der Waals surface area contributed by atoms with Gasteiger partial charge < -0.3 is 25.8 Å². The second kappa shape index (κ2) is 16.8. The van der Waals surface area contributed by atoms with Gasteiger partial charge in [0.15, 0.2) is 0 Å². The molecule has 3 atom stereocenters. The van der Waals surface area contributed by atoms with Gasteiger partial charge in [-0.2, -0.15) is 0 Å². The third kappa shape index (κ3) is 9.40. The zero-order valence-electron chi connectivity index (χ0n) is 25.0. The summed E-state index contributed by atoms with van der Waals surface area (Å²) in [6, 6.07) is 17.7. The van der Waals surface area contributed by atoms with Crippen molar-refractivity contribution in [1.29, 1.82) is 0 Å². The monoisotopic (exact) mass is 609 g/mol. The SMILES string of the molecule is CN[C@@H](C)C(=O)N[C@H](C(=O)NCC(=O)N1C=CN(CCc2ccccc2)C(=O)[C@@H]1Cc1ccccc1)C1CCCCC1.Cl. The lowest BCUT2D eigenvalue weighted by molar-refractivity contribution is -0.143. The van der Waals surface area contributed by atoms with Crippen LogP contribution in [0.25, 0.3) is 0 Å². The number of carbonyl (C=O) groups is 4. The molecule has 43 heavy (non-hydrogen) atoms. The summed E-state index contributed by atoms with van der Waals surface area (Å²) in [7, 11) is 1.70. The van der Waals surface area contributed by atoms with Crippen molar-refractivity contribution < 1.29 is 19.2 Å². The third-order valence-electron chi connectivity index (χ3n) is 8.30. The number of nitrogens with zero attached hydrogens (tertiary/aromatic N) is 2. The lowest BCUT2D eigenvalue weighted by Gasteiger charge is -2.36. The van der Waals surface area contributed by atoms with E-state index in [-0.39, 0.29) is 48.5 Å². The van der Waals surface area contributed by atoms with E-state index in [1.165, 1.54) is 4.90 Å². The van der Waals surface area contributed by atoms with Gasteiger partial charge in [0.05, 0.1) is 12.6 Å². The predicted octanol–water partition coefficient (Wildman–Crippen LogP) is 3.19. The van der Waals surface area contributed by atoms with Crippen LogP contribution in [-0.2, 0) is 32.0 Å². The Kier molecular flexibility index (Phi) is 13.2. The van der Waals surface area contributed by atoms with Crippen LogP contribution >= 0.6 is 12.4 Å². The fourth-order valence-corrected chi connectivity index (χ4v) is 5.64. The highest BCUT2D eigenvalue weighted by Gasteiger charge is 2.36. The molecular formula is C33H44ClN5O4. The summed E-state index contributed by atoms with van der Waals surface area (Å²) in [5.41, 5.74) is 2.07. The minimum absolute atomic E-state index is 0. The normalized spacial score (nSPS) is 18.4. The van der Waals surface area contributed by atoms with Crippen LogP contribution in [0, 0.1) is 5.92 Å². The molecule has 2 aliphatic rings. The quantitative estimate of drug-likeness (QED) is 0.342. The summed E-state index contributed by atoms with van der Waals surface area (Å²) in [5.74, 6) is -1.15. The summed E-state index contributed by atoms with van der Waals surface area (Å²) < 4.78 is 0. The number of carbonyl (C=O) groups excluding carboxylic acids is 4. The third-order valence-corrected chi connectivity index (χ3v) is 8.30. The maximum absolute atomic E-state index is 13.7. The molecule has 10 heteroatoms. The first-order valence-corrected chi connectivity index (χ1v) is 15.0. The molecule has 2 aromatic rings. The van der Waals surface area contributed by atoms with Crippen LogP contribution in [-0.4, -0.2) is 71.7 Å². The lowest BCUT2D eigenvalue weighted by atomic mass is 9.83. The highest BCUT2D eigenvalue weighted by atomic mass is 35.5. The van der Waals surface area contributed by atoms with E-state index < -0.39 is 18.1 Å². The first-order chi connectivity index (χ1) is 20.4. The van der Waals surface area contributed by atoms with Gasteiger partial charge in [0, 0.05) is 25.4 Å². The molecule has 0 radical (unpaired) electrons. The van der Waals surface area contributed by atoms with E-state index in [4.69, 9.17) is 0 Å². The molecule has 0 saturated heterocycles. The highest BCUT2D eigenvalue weighted by molar-refractivity contribution is 5.94. The predicted molar refractivity (Wildman–Crippen MR) is 169 cm³/mol. The second-order valence-electron chi connectivity index (χ2n) is 11.2.